The largest absolute Gasteiger partial charge is 0.335 e. The maximum Gasteiger partial charge on any atom is 0.263 e. The van der Waals surface area contributed by atoms with E-state index in [0.717, 1.165) is 19.6 Å². The van der Waals surface area contributed by atoms with Crippen molar-refractivity contribution in [3.63, 3.8) is 0 Å². The number of likely N-dealkylation sites (tertiary alicyclic amines) is 2. The van der Waals surface area contributed by atoms with E-state index in [2.05, 4.69) is 21.8 Å². The number of hydrogen-bond donors (Lipinski definition) is 1. The Morgan fingerprint density at radius 3 is 2.81 bits per heavy atom. The third kappa shape index (κ3) is 2.72. The maximum atomic E-state index is 12.3. The average molecular weight is 290 g/mol. The second kappa shape index (κ2) is 5.60. The smallest absolute Gasteiger partial charge is 0.263 e. The predicted octanol–water partition coefficient (Wildman–Crippen LogP) is 0.777. The highest BCUT2D eigenvalue weighted by atomic mass is 16.2. The minimum atomic E-state index is -0.345. The van der Waals surface area contributed by atoms with Crippen LogP contribution < -0.4 is 5.56 Å². The summed E-state index contributed by atoms with van der Waals surface area (Å²) >= 11 is 0. The van der Waals surface area contributed by atoms with Crippen LogP contribution in [-0.2, 0) is 0 Å². The van der Waals surface area contributed by atoms with Gasteiger partial charge in [-0.15, -0.1) is 0 Å². The van der Waals surface area contributed by atoms with Crippen molar-refractivity contribution in [3.05, 3.63) is 27.9 Å². The van der Waals surface area contributed by atoms with Gasteiger partial charge in [0.25, 0.3) is 11.5 Å². The normalized spacial score (nSPS) is 23.9. The van der Waals surface area contributed by atoms with Gasteiger partial charge in [-0.1, -0.05) is 6.42 Å². The van der Waals surface area contributed by atoms with E-state index in [0.29, 0.717) is 17.9 Å². The van der Waals surface area contributed by atoms with Crippen molar-refractivity contribution in [1.82, 2.24) is 19.8 Å². The average Bonchev–Trinajstić information content (AvgIpc) is 2.39. The molecule has 3 heterocycles. The molecule has 1 aromatic rings. The molecule has 21 heavy (non-hydrogen) atoms. The number of aromatic nitrogens is 2. The molecule has 2 saturated heterocycles. The van der Waals surface area contributed by atoms with Crippen molar-refractivity contribution >= 4 is 5.91 Å². The molecule has 1 unspecified atom stereocenters. The molecule has 6 nitrogen and oxygen atoms in total. The van der Waals surface area contributed by atoms with Crippen LogP contribution in [0.25, 0.3) is 0 Å². The van der Waals surface area contributed by atoms with Crippen LogP contribution in [0.4, 0.5) is 0 Å². The Kier molecular flexibility index (Phi) is 3.80. The van der Waals surface area contributed by atoms with Gasteiger partial charge < -0.3 is 9.88 Å². The summed E-state index contributed by atoms with van der Waals surface area (Å²) in [7, 11) is 0. The first-order valence-electron chi connectivity index (χ1n) is 7.67. The second-order valence-corrected chi connectivity index (χ2v) is 6.16. The number of piperidine rings is 1. The fourth-order valence-corrected chi connectivity index (χ4v) is 3.30. The molecule has 1 N–H and O–H groups in total. The monoisotopic (exact) mass is 290 g/mol. The number of nitrogens with one attached hydrogen (secondary N) is 1. The van der Waals surface area contributed by atoms with E-state index in [1.807, 2.05) is 0 Å². The van der Waals surface area contributed by atoms with E-state index >= 15 is 0 Å². The van der Waals surface area contributed by atoms with Crippen LogP contribution in [0.1, 0.15) is 42.4 Å². The zero-order chi connectivity index (χ0) is 15.0. The Morgan fingerprint density at radius 1 is 1.38 bits per heavy atom. The first kappa shape index (κ1) is 14.3. The fourth-order valence-electron chi connectivity index (χ4n) is 3.30. The van der Waals surface area contributed by atoms with Gasteiger partial charge in [-0.2, -0.15) is 0 Å². The topological polar surface area (TPSA) is 69.3 Å². The van der Waals surface area contributed by atoms with Crippen LogP contribution in [0.2, 0.25) is 0 Å². The van der Waals surface area contributed by atoms with Gasteiger partial charge in [-0.05, 0) is 33.2 Å². The molecule has 0 radical (unpaired) electrons. The zero-order valence-electron chi connectivity index (χ0n) is 12.6. The third-order valence-electron chi connectivity index (χ3n) is 4.63. The summed E-state index contributed by atoms with van der Waals surface area (Å²) in [5, 5.41) is 0. The number of aryl methyl sites for hydroxylation is 1. The number of hydrogen-bond acceptors (Lipinski definition) is 4. The Balaban J connectivity index is 1.63. The lowest BCUT2D eigenvalue weighted by Gasteiger charge is -2.49. The predicted molar refractivity (Wildman–Crippen MR) is 79.3 cm³/mol. The first-order valence-corrected chi connectivity index (χ1v) is 7.67. The third-order valence-corrected chi connectivity index (χ3v) is 4.63. The van der Waals surface area contributed by atoms with Gasteiger partial charge in [-0.3, -0.25) is 14.5 Å². The van der Waals surface area contributed by atoms with Crippen LogP contribution in [0.3, 0.4) is 0 Å². The van der Waals surface area contributed by atoms with Gasteiger partial charge in [-0.25, -0.2) is 4.98 Å². The van der Waals surface area contributed by atoms with E-state index in [1.54, 1.807) is 11.8 Å². The molecular weight excluding hydrogens is 268 g/mol. The van der Waals surface area contributed by atoms with Crippen molar-refractivity contribution in [3.8, 4) is 0 Å². The molecule has 114 valence electrons. The standard InChI is InChI=1S/C15H22N4O2/c1-10-5-3-4-6-19(10)12-8-18(9-12)15(21)13-7-16-11(2)17-14(13)20/h7,10,12H,3-6,8-9H2,1-2H3,(H,16,17,20). The molecule has 0 spiro atoms. The summed E-state index contributed by atoms with van der Waals surface area (Å²) in [4.78, 5) is 35.0. The SMILES string of the molecule is Cc1ncc(C(=O)N2CC(N3CCCCC3C)C2)c(=O)[nH]1. The minimum Gasteiger partial charge on any atom is -0.335 e. The molecule has 3 rings (SSSR count). The van der Waals surface area contributed by atoms with Gasteiger partial charge in [0.2, 0.25) is 0 Å². The zero-order valence-corrected chi connectivity index (χ0v) is 12.6. The molecule has 2 fully saturated rings. The second-order valence-electron chi connectivity index (χ2n) is 6.16. The first-order chi connectivity index (χ1) is 10.1. The van der Waals surface area contributed by atoms with Crippen molar-refractivity contribution in [1.29, 1.82) is 0 Å². The van der Waals surface area contributed by atoms with E-state index in [9.17, 15) is 9.59 Å². The number of nitrogens with zero attached hydrogens (tertiary/aromatic N) is 3. The van der Waals surface area contributed by atoms with Gasteiger partial charge in [0.05, 0.1) is 0 Å². The van der Waals surface area contributed by atoms with Gasteiger partial charge in [0, 0.05) is 31.4 Å². The van der Waals surface area contributed by atoms with E-state index < -0.39 is 0 Å². The van der Waals surface area contributed by atoms with Crippen molar-refractivity contribution < 1.29 is 4.79 Å². The van der Waals surface area contributed by atoms with Gasteiger partial charge >= 0.3 is 0 Å². The number of H-pyrrole nitrogens is 1. The molecule has 2 aliphatic rings. The molecular formula is C15H22N4O2. The summed E-state index contributed by atoms with van der Waals surface area (Å²) in [5.74, 6) is 0.324. The van der Waals surface area contributed by atoms with Crippen LogP contribution in [0, 0.1) is 6.92 Å². The molecule has 0 bridgehead atoms. The highest BCUT2D eigenvalue weighted by molar-refractivity contribution is 5.94. The molecule has 0 aromatic carbocycles. The number of rotatable bonds is 2. The van der Waals surface area contributed by atoms with Crippen LogP contribution in [-0.4, -0.2) is 57.4 Å². The van der Waals surface area contributed by atoms with Crippen LogP contribution in [0.15, 0.2) is 11.0 Å². The minimum absolute atomic E-state index is 0.144. The summed E-state index contributed by atoms with van der Waals surface area (Å²) in [6, 6.07) is 1.05. The van der Waals surface area contributed by atoms with Crippen molar-refractivity contribution in [2.24, 2.45) is 0 Å². The summed E-state index contributed by atoms with van der Waals surface area (Å²) in [6.07, 6.45) is 5.17. The molecule has 1 aromatic heterocycles. The molecule has 1 amide bonds. The number of aromatic amines is 1. The highest BCUT2D eigenvalue weighted by Gasteiger charge is 2.38. The van der Waals surface area contributed by atoms with Crippen molar-refractivity contribution in [2.45, 2.75) is 45.2 Å². The Morgan fingerprint density at radius 2 is 2.14 bits per heavy atom. The van der Waals surface area contributed by atoms with Gasteiger partial charge in [0.15, 0.2) is 0 Å². The van der Waals surface area contributed by atoms with Crippen molar-refractivity contribution in [2.75, 3.05) is 19.6 Å². The Bertz CT molecular complexity index is 592. The van der Waals surface area contributed by atoms with Crippen LogP contribution in [0.5, 0.6) is 0 Å². The Hall–Kier alpha value is -1.69. The Labute approximate surface area is 124 Å². The van der Waals surface area contributed by atoms with E-state index in [-0.39, 0.29) is 17.0 Å². The molecule has 2 aliphatic heterocycles. The van der Waals surface area contributed by atoms with Gasteiger partial charge in [0.1, 0.15) is 11.4 Å². The van der Waals surface area contributed by atoms with E-state index in [4.69, 9.17) is 0 Å². The molecule has 0 saturated carbocycles. The maximum absolute atomic E-state index is 12.3. The fraction of sp³-hybridized carbons (Fsp3) is 0.667. The summed E-state index contributed by atoms with van der Waals surface area (Å²) in [5.41, 5.74) is -0.201. The van der Waals surface area contributed by atoms with Crippen LogP contribution >= 0.6 is 0 Å². The number of carbonyl (C=O) groups excluding carboxylic acids is 1. The lowest BCUT2D eigenvalue weighted by molar-refractivity contribution is 0.00200. The molecule has 1 atom stereocenters. The quantitative estimate of drug-likeness (QED) is 0.874. The number of carbonyl (C=O) groups is 1. The van der Waals surface area contributed by atoms with E-state index in [1.165, 1.54) is 25.5 Å². The highest BCUT2D eigenvalue weighted by Crippen LogP contribution is 2.24. The lowest BCUT2D eigenvalue weighted by atomic mass is 9.97. The molecule has 6 heteroatoms. The number of amides is 1. The summed E-state index contributed by atoms with van der Waals surface area (Å²) < 4.78 is 0. The summed E-state index contributed by atoms with van der Waals surface area (Å²) in [6.45, 7) is 6.53. The lowest BCUT2D eigenvalue weighted by Crippen LogP contribution is -2.63. The molecule has 0 aliphatic carbocycles.